The van der Waals surface area contributed by atoms with Gasteiger partial charge in [0.05, 0.1) is 0 Å². The van der Waals surface area contributed by atoms with Crippen molar-refractivity contribution in [1.82, 2.24) is 19.9 Å². The highest BCUT2D eigenvalue weighted by molar-refractivity contribution is 7.12. The predicted octanol–water partition coefficient (Wildman–Crippen LogP) is -0.373. The Labute approximate surface area is 82.2 Å². The number of aromatic nitrogens is 4. The van der Waals surface area contributed by atoms with E-state index in [2.05, 4.69) is 15.2 Å². The Balaban J connectivity index is 2.26. The first-order chi connectivity index (χ1) is 6.65. The molecule has 0 spiro atoms. The summed E-state index contributed by atoms with van der Waals surface area (Å²) < 4.78 is 5.95. The maximum absolute atomic E-state index is 11.2. The van der Waals surface area contributed by atoms with Crippen LogP contribution in [0.2, 0.25) is 0 Å². The number of nitrogen functional groups attached to an aromatic ring is 1. The predicted molar refractivity (Wildman–Crippen MR) is 48.9 cm³/mol. The van der Waals surface area contributed by atoms with Crippen molar-refractivity contribution in [2.75, 3.05) is 5.73 Å². The number of hydrogen-bond acceptors (Lipinski definition) is 7. The van der Waals surface area contributed by atoms with Crippen LogP contribution in [-0.2, 0) is 6.54 Å². The van der Waals surface area contributed by atoms with Gasteiger partial charge in [-0.25, -0.2) is 4.68 Å². The van der Waals surface area contributed by atoms with Gasteiger partial charge in [0.25, 0.3) is 0 Å². The first kappa shape index (κ1) is 8.88. The van der Waals surface area contributed by atoms with Crippen LogP contribution in [0.4, 0.5) is 5.13 Å². The number of rotatable bonds is 2. The molecule has 2 rings (SSSR count). The molecule has 0 unspecified atom stereocenters. The highest BCUT2D eigenvalue weighted by Crippen LogP contribution is 2.01. The van der Waals surface area contributed by atoms with Gasteiger partial charge in [0, 0.05) is 6.92 Å². The van der Waals surface area contributed by atoms with Crippen LogP contribution in [0.3, 0.4) is 0 Å². The van der Waals surface area contributed by atoms with E-state index in [0.717, 1.165) is 11.3 Å². The third-order valence-corrected chi connectivity index (χ3v) is 2.16. The van der Waals surface area contributed by atoms with Crippen LogP contribution >= 0.6 is 11.3 Å². The molecule has 2 heterocycles. The normalized spacial score (nSPS) is 10.6. The van der Waals surface area contributed by atoms with E-state index in [1.54, 1.807) is 6.92 Å². The van der Waals surface area contributed by atoms with Crippen LogP contribution in [-0.4, -0.2) is 19.9 Å². The second kappa shape index (κ2) is 3.22. The number of nitrogens with two attached hydrogens (primary N) is 1. The van der Waals surface area contributed by atoms with E-state index in [1.165, 1.54) is 4.68 Å². The topological polar surface area (TPSA) is 99.8 Å². The van der Waals surface area contributed by atoms with Crippen molar-refractivity contribution >= 4 is 16.5 Å². The molecule has 0 fully saturated rings. The standard InChI is InChI=1S/C6H7N5O2S/c1-3-8-4(10-13-3)2-11-6(12)14-5(7)9-11/h2H2,1H3,(H2,7,9). The molecule has 8 heteroatoms. The molecule has 74 valence electrons. The molecule has 0 aromatic carbocycles. The van der Waals surface area contributed by atoms with Crippen LogP contribution in [0.25, 0.3) is 0 Å². The summed E-state index contributed by atoms with van der Waals surface area (Å²) in [4.78, 5) is 14.9. The molecule has 2 N–H and O–H groups in total. The van der Waals surface area contributed by atoms with Crippen molar-refractivity contribution in [3.8, 4) is 0 Å². The Morgan fingerprint density at radius 2 is 2.43 bits per heavy atom. The third kappa shape index (κ3) is 1.64. The summed E-state index contributed by atoms with van der Waals surface area (Å²) in [6.07, 6.45) is 0. The van der Waals surface area contributed by atoms with Gasteiger partial charge in [-0.3, -0.25) is 4.79 Å². The Bertz CT molecular complexity index is 498. The minimum absolute atomic E-state index is 0.184. The molecule has 0 saturated carbocycles. The Hall–Kier alpha value is -1.70. The fraction of sp³-hybridized carbons (Fsp3) is 0.333. The zero-order valence-electron chi connectivity index (χ0n) is 7.30. The fourth-order valence-electron chi connectivity index (χ4n) is 0.962. The fourth-order valence-corrected chi connectivity index (χ4v) is 1.49. The second-order valence-corrected chi connectivity index (χ2v) is 3.57. The van der Waals surface area contributed by atoms with Gasteiger partial charge in [-0.15, -0.1) is 5.10 Å². The van der Waals surface area contributed by atoms with Crippen LogP contribution in [0.15, 0.2) is 9.32 Å². The monoisotopic (exact) mass is 213 g/mol. The Morgan fingerprint density at radius 1 is 1.64 bits per heavy atom. The van der Waals surface area contributed by atoms with Gasteiger partial charge in [-0.1, -0.05) is 5.16 Å². The molecule has 2 aromatic rings. The van der Waals surface area contributed by atoms with Crippen molar-refractivity contribution < 1.29 is 4.52 Å². The van der Waals surface area contributed by atoms with Crippen molar-refractivity contribution in [3.63, 3.8) is 0 Å². The minimum Gasteiger partial charge on any atom is -0.374 e. The third-order valence-electron chi connectivity index (χ3n) is 1.48. The summed E-state index contributed by atoms with van der Waals surface area (Å²) in [6.45, 7) is 1.86. The number of hydrogen-bond donors (Lipinski definition) is 1. The highest BCUT2D eigenvalue weighted by atomic mass is 32.1. The summed E-state index contributed by atoms with van der Waals surface area (Å²) in [5, 5.41) is 7.66. The summed E-state index contributed by atoms with van der Waals surface area (Å²) in [6, 6.07) is 0. The number of aryl methyl sites for hydroxylation is 1. The van der Waals surface area contributed by atoms with Crippen LogP contribution < -0.4 is 10.6 Å². The molecule has 0 radical (unpaired) electrons. The lowest BCUT2D eigenvalue weighted by Gasteiger charge is -1.91. The molecule has 0 atom stereocenters. The van der Waals surface area contributed by atoms with Gasteiger partial charge < -0.3 is 10.3 Å². The summed E-state index contributed by atoms with van der Waals surface area (Å²) in [7, 11) is 0. The molecule has 2 aromatic heterocycles. The second-order valence-electron chi connectivity index (χ2n) is 2.59. The smallest absolute Gasteiger partial charge is 0.327 e. The zero-order valence-corrected chi connectivity index (χ0v) is 8.11. The molecular weight excluding hydrogens is 206 g/mol. The van der Waals surface area contributed by atoms with E-state index >= 15 is 0 Å². The van der Waals surface area contributed by atoms with E-state index in [-0.39, 0.29) is 16.5 Å². The van der Waals surface area contributed by atoms with Gasteiger partial charge in [0.1, 0.15) is 6.54 Å². The van der Waals surface area contributed by atoms with Gasteiger partial charge >= 0.3 is 4.87 Å². The average molecular weight is 213 g/mol. The van der Waals surface area contributed by atoms with Gasteiger partial charge in [-0.05, 0) is 11.3 Å². The first-order valence-corrected chi connectivity index (χ1v) is 4.59. The molecule has 0 saturated heterocycles. The Kier molecular flexibility index (Phi) is 2.04. The maximum atomic E-state index is 11.2. The lowest BCUT2D eigenvalue weighted by Crippen LogP contribution is -2.16. The van der Waals surface area contributed by atoms with Crippen molar-refractivity contribution in [2.45, 2.75) is 13.5 Å². The molecule has 0 aliphatic rings. The summed E-state index contributed by atoms with van der Waals surface area (Å²) in [5.74, 6) is 0.867. The van der Waals surface area contributed by atoms with Crippen LogP contribution in [0.5, 0.6) is 0 Å². The van der Waals surface area contributed by atoms with Crippen molar-refractivity contribution in [2.24, 2.45) is 0 Å². The van der Waals surface area contributed by atoms with Crippen molar-refractivity contribution in [3.05, 3.63) is 21.4 Å². The number of anilines is 1. The molecule has 0 aliphatic heterocycles. The zero-order chi connectivity index (χ0) is 10.1. The SMILES string of the molecule is Cc1nc(Cn2nc(N)sc2=O)no1. The highest BCUT2D eigenvalue weighted by Gasteiger charge is 2.07. The quantitative estimate of drug-likeness (QED) is 0.730. The molecule has 0 aliphatic carbocycles. The van der Waals surface area contributed by atoms with E-state index in [0.29, 0.717) is 11.7 Å². The van der Waals surface area contributed by atoms with E-state index in [1.807, 2.05) is 0 Å². The average Bonchev–Trinajstić information content (AvgIpc) is 2.61. The van der Waals surface area contributed by atoms with E-state index in [4.69, 9.17) is 10.3 Å². The van der Waals surface area contributed by atoms with Gasteiger partial charge in [0.2, 0.25) is 11.0 Å². The lowest BCUT2D eigenvalue weighted by atomic mass is 10.6. The summed E-state index contributed by atoms with van der Waals surface area (Å²) in [5.41, 5.74) is 5.36. The Morgan fingerprint density at radius 3 is 2.93 bits per heavy atom. The largest absolute Gasteiger partial charge is 0.374 e. The number of nitrogens with zero attached hydrogens (tertiary/aromatic N) is 4. The van der Waals surface area contributed by atoms with E-state index in [9.17, 15) is 4.79 Å². The van der Waals surface area contributed by atoms with E-state index < -0.39 is 0 Å². The lowest BCUT2D eigenvalue weighted by molar-refractivity contribution is 0.385. The van der Waals surface area contributed by atoms with Gasteiger partial charge in [-0.2, -0.15) is 4.98 Å². The molecule has 14 heavy (non-hydrogen) atoms. The summed E-state index contributed by atoms with van der Waals surface area (Å²) >= 11 is 0.883. The first-order valence-electron chi connectivity index (χ1n) is 3.78. The minimum atomic E-state index is -0.232. The van der Waals surface area contributed by atoms with Crippen LogP contribution in [0.1, 0.15) is 11.7 Å². The maximum Gasteiger partial charge on any atom is 0.327 e. The molecular formula is C6H7N5O2S. The van der Waals surface area contributed by atoms with Crippen LogP contribution in [0, 0.1) is 6.92 Å². The molecule has 0 bridgehead atoms. The molecule has 0 amide bonds. The molecule has 7 nitrogen and oxygen atoms in total. The van der Waals surface area contributed by atoms with Gasteiger partial charge in [0.15, 0.2) is 5.82 Å². The van der Waals surface area contributed by atoms with Crippen molar-refractivity contribution in [1.29, 1.82) is 0 Å².